The summed E-state index contributed by atoms with van der Waals surface area (Å²) in [7, 11) is 0. The van der Waals surface area contributed by atoms with Gasteiger partial charge in [0.15, 0.2) is 5.82 Å². The molecule has 3 N–H and O–H groups in total. The number of hydrazine groups is 1. The summed E-state index contributed by atoms with van der Waals surface area (Å²) in [4.78, 5) is 10.7. The van der Waals surface area contributed by atoms with Gasteiger partial charge in [-0.2, -0.15) is 0 Å². The van der Waals surface area contributed by atoms with E-state index in [4.69, 9.17) is 10.6 Å². The zero-order valence-electron chi connectivity index (χ0n) is 8.97. The van der Waals surface area contributed by atoms with Gasteiger partial charge in [0, 0.05) is 13.1 Å². The minimum atomic E-state index is 0.357. The minimum absolute atomic E-state index is 0.357. The molecule has 2 bridgehead atoms. The van der Waals surface area contributed by atoms with E-state index >= 15 is 0 Å². The lowest BCUT2D eigenvalue weighted by molar-refractivity contribution is 0.0302. The summed E-state index contributed by atoms with van der Waals surface area (Å²) in [6.07, 6.45) is 6.40. The number of nitrogens with two attached hydrogens (primary N) is 1. The van der Waals surface area contributed by atoms with Crippen molar-refractivity contribution in [1.29, 1.82) is 0 Å². The number of aromatic nitrogens is 2. The summed E-state index contributed by atoms with van der Waals surface area (Å²) in [5.41, 5.74) is 2.51. The normalized spacial score (nSPS) is 28.2. The molecule has 0 saturated carbocycles. The monoisotopic (exact) mass is 221 g/mol. The van der Waals surface area contributed by atoms with Gasteiger partial charge in [0.2, 0.25) is 0 Å². The third-order valence-electron chi connectivity index (χ3n) is 3.14. The van der Waals surface area contributed by atoms with Gasteiger partial charge in [-0.25, -0.2) is 10.8 Å². The molecule has 3 rings (SSSR count). The number of nitrogens with one attached hydrogen (secondary N) is 1. The first-order chi connectivity index (χ1) is 7.85. The average Bonchev–Trinajstić information content (AvgIpc) is 2.68. The van der Waals surface area contributed by atoms with Crippen LogP contribution in [0.1, 0.15) is 12.8 Å². The van der Waals surface area contributed by atoms with Crippen molar-refractivity contribution < 1.29 is 4.74 Å². The van der Waals surface area contributed by atoms with Crippen LogP contribution >= 0.6 is 0 Å². The third kappa shape index (κ3) is 1.70. The number of anilines is 2. The molecule has 2 unspecified atom stereocenters. The molecule has 2 aliphatic rings. The van der Waals surface area contributed by atoms with Crippen LogP contribution in [0.4, 0.5) is 11.6 Å². The Morgan fingerprint density at radius 2 is 2.06 bits per heavy atom. The standard InChI is InChI=1S/C10H15N5O/c11-14-9-3-12-4-10(13-9)15-5-7-1-2-8(6-15)16-7/h3-4,7-8H,1-2,5-6,11H2,(H,13,14). The molecule has 16 heavy (non-hydrogen) atoms. The van der Waals surface area contributed by atoms with Crippen LogP contribution in [-0.2, 0) is 4.74 Å². The predicted molar refractivity (Wildman–Crippen MR) is 60.0 cm³/mol. The highest BCUT2D eigenvalue weighted by molar-refractivity contribution is 5.44. The van der Waals surface area contributed by atoms with E-state index in [9.17, 15) is 0 Å². The van der Waals surface area contributed by atoms with Gasteiger partial charge in [0.25, 0.3) is 0 Å². The molecule has 0 radical (unpaired) electrons. The van der Waals surface area contributed by atoms with Gasteiger partial charge in [-0.15, -0.1) is 0 Å². The quantitative estimate of drug-likeness (QED) is 0.546. The smallest absolute Gasteiger partial charge is 0.160 e. The molecule has 6 heteroatoms. The fourth-order valence-electron chi connectivity index (χ4n) is 2.38. The number of hydrogen-bond acceptors (Lipinski definition) is 6. The van der Waals surface area contributed by atoms with Gasteiger partial charge in [0.1, 0.15) is 5.82 Å². The van der Waals surface area contributed by atoms with Crippen molar-refractivity contribution in [1.82, 2.24) is 9.97 Å². The molecule has 6 nitrogen and oxygen atoms in total. The largest absolute Gasteiger partial charge is 0.371 e. The second-order valence-electron chi connectivity index (χ2n) is 4.27. The number of morpholine rings is 1. The number of ether oxygens (including phenoxy) is 1. The van der Waals surface area contributed by atoms with Gasteiger partial charge in [0.05, 0.1) is 24.6 Å². The van der Waals surface area contributed by atoms with Crippen molar-refractivity contribution in [2.24, 2.45) is 5.84 Å². The summed E-state index contributed by atoms with van der Waals surface area (Å²) < 4.78 is 5.78. The maximum absolute atomic E-state index is 5.78. The van der Waals surface area contributed by atoms with E-state index in [-0.39, 0.29) is 0 Å². The maximum Gasteiger partial charge on any atom is 0.160 e. The third-order valence-corrected chi connectivity index (χ3v) is 3.14. The SMILES string of the molecule is NNc1cncc(N2CC3CCC(C2)O3)n1. The molecular formula is C10H15N5O. The summed E-state index contributed by atoms with van der Waals surface area (Å²) >= 11 is 0. The molecule has 2 atom stereocenters. The molecular weight excluding hydrogens is 206 g/mol. The van der Waals surface area contributed by atoms with Crippen molar-refractivity contribution in [2.45, 2.75) is 25.0 Å². The summed E-state index contributed by atoms with van der Waals surface area (Å²) in [5, 5.41) is 0. The van der Waals surface area contributed by atoms with E-state index in [0.29, 0.717) is 18.0 Å². The topological polar surface area (TPSA) is 76.3 Å². The Balaban J connectivity index is 1.81. The maximum atomic E-state index is 5.78. The van der Waals surface area contributed by atoms with Crippen molar-refractivity contribution in [3.8, 4) is 0 Å². The molecule has 86 valence electrons. The summed E-state index contributed by atoms with van der Waals surface area (Å²) in [6, 6.07) is 0. The van der Waals surface area contributed by atoms with E-state index in [1.165, 1.54) is 0 Å². The number of fused-ring (bicyclic) bond motifs is 2. The van der Waals surface area contributed by atoms with E-state index < -0.39 is 0 Å². The lowest BCUT2D eigenvalue weighted by Crippen LogP contribution is -2.43. The van der Waals surface area contributed by atoms with Crippen LogP contribution in [0.3, 0.4) is 0 Å². The summed E-state index contributed by atoms with van der Waals surface area (Å²) in [5.74, 6) is 6.78. The van der Waals surface area contributed by atoms with Gasteiger partial charge in [-0.1, -0.05) is 0 Å². The molecule has 0 aliphatic carbocycles. The Kier molecular flexibility index (Phi) is 2.37. The van der Waals surface area contributed by atoms with Crippen LogP contribution in [0.15, 0.2) is 12.4 Å². The second kappa shape index (κ2) is 3.88. The lowest BCUT2D eigenvalue weighted by atomic mass is 10.2. The van der Waals surface area contributed by atoms with Crippen molar-refractivity contribution in [2.75, 3.05) is 23.4 Å². The molecule has 2 saturated heterocycles. The molecule has 1 aromatic rings. The molecule has 1 aromatic heterocycles. The zero-order chi connectivity index (χ0) is 11.0. The highest BCUT2D eigenvalue weighted by Crippen LogP contribution is 2.28. The van der Waals surface area contributed by atoms with E-state index in [0.717, 1.165) is 31.7 Å². The number of nitrogens with zero attached hydrogens (tertiary/aromatic N) is 3. The van der Waals surface area contributed by atoms with E-state index in [2.05, 4.69) is 20.3 Å². The van der Waals surface area contributed by atoms with Crippen LogP contribution in [-0.4, -0.2) is 35.3 Å². The molecule has 2 fully saturated rings. The first-order valence-corrected chi connectivity index (χ1v) is 5.54. The van der Waals surface area contributed by atoms with Gasteiger partial charge in [-0.05, 0) is 12.8 Å². The predicted octanol–water partition coefficient (Wildman–Crippen LogP) is 0.130. The van der Waals surface area contributed by atoms with Crippen molar-refractivity contribution in [3.63, 3.8) is 0 Å². The number of hydrogen-bond donors (Lipinski definition) is 2. The van der Waals surface area contributed by atoms with Crippen LogP contribution in [0.25, 0.3) is 0 Å². The molecule has 0 spiro atoms. The molecule has 0 aromatic carbocycles. The number of rotatable bonds is 2. The van der Waals surface area contributed by atoms with E-state index in [1.807, 2.05) is 0 Å². The van der Waals surface area contributed by atoms with Gasteiger partial charge in [-0.3, -0.25) is 4.98 Å². The lowest BCUT2D eigenvalue weighted by Gasteiger charge is -2.32. The zero-order valence-corrected chi connectivity index (χ0v) is 8.97. The Labute approximate surface area is 93.8 Å². The molecule has 0 amide bonds. The van der Waals surface area contributed by atoms with Crippen LogP contribution in [0.5, 0.6) is 0 Å². The van der Waals surface area contributed by atoms with Crippen LogP contribution in [0, 0.1) is 0 Å². The average molecular weight is 221 g/mol. The molecule has 2 aliphatic heterocycles. The highest BCUT2D eigenvalue weighted by atomic mass is 16.5. The second-order valence-corrected chi connectivity index (χ2v) is 4.27. The van der Waals surface area contributed by atoms with Gasteiger partial charge < -0.3 is 15.1 Å². The van der Waals surface area contributed by atoms with Gasteiger partial charge >= 0.3 is 0 Å². The summed E-state index contributed by atoms with van der Waals surface area (Å²) in [6.45, 7) is 1.80. The Morgan fingerprint density at radius 1 is 1.31 bits per heavy atom. The highest BCUT2D eigenvalue weighted by Gasteiger charge is 2.34. The van der Waals surface area contributed by atoms with Crippen molar-refractivity contribution in [3.05, 3.63) is 12.4 Å². The number of nitrogen functional groups attached to an aromatic ring is 1. The van der Waals surface area contributed by atoms with Crippen LogP contribution in [0.2, 0.25) is 0 Å². The Hall–Kier alpha value is -1.40. The molecule has 3 heterocycles. The van der Waals surface area contributed by atoms with E-state index in [1.54, 1.807) is 12.4 Å². The fourth-order valence-corrected chi connectivity index (χ4v) is 2.38. The minimum Gasteiger partial charge on any atom is -0.371 e. The Morgan fingerprint density at radius 3 is 2.75 bits per heavy atom. The van der Waals surface area contributed by atoms with Crippen LogP contribution < -0.4 is 16.2 Å². The fraction of sp³-hybridized carbons (Fsp3) is 0.600. The first kappa shape index (κ1) is 9.80. The Bertz CT molecular complexity index is 373. The first-order valence-electron chi connectivity index (χ1n) is 5.54. The van der Waals surface area contributed by atoms with Crippen molar-refractivity contribution >= 4 is 11.6 Å².